The molecule has 0 bridgehead atoms. The fourth-order valence-corrected chi connectivity index (χ4v) is 2.82. The Balaban J connectivity index is 2.22. The molecule has 1 aromatic carbocycles. The molecule has 0 heterocycles. The average molecular weight is 324 g/mol. The maximum absolute atomic E-state index is 9.55. The van der Waals surface area contributed by atoms with E-state index in [-0.39, 0.29) is 6.10 Å². The van der Waals surface area contributed by atoms with Gasteiger partial charge in [-0.05, 0) is 49.9 Å². The van der Waals surface area contributed by atoms with Gasteiger partial charge < -0.3 is 9.84 Å². The van der Waals surface area contributed by atoms with Crippen LogP contribution in [0.25, 0.3) is 0 Å². The molecule has 0 fully saturated rings. The van der Waals surface area contributed by atoms with Gasteiger partial charge in [0.1, 0.15) is 0 Å². The van der Waals surface area contributed by atoms with E-state index in [9.17, 15) is 10.4 Å². The number of hydrogen-bond acceptors (Lipinski definition) is 3. The molecule has 0 aromatic heterocycles. The molecular weight excluding hydrogens is 306 g/mol. The molecular formula is C15H18BrNO2. The first-order chi connectivity index (χ1) is 8.96. The fourth-order valence-electron chi connectivity index (χ4n) is 2.41. The molecule has 1 aromatic rings. The lowest BCUT2D eigenvalue weighted by atomic mass is 9.81. The largest absolute Gasteiger partial charge is 0.391 e. The van der Waals surface area contributed by atoms with Gasteiger partial charge in [0.15, 0.2) is 5.60 Å². The smallest absolute Gasteiger partial charge is 0.159 e. The maximum atomic E-state index is 9.55. The molecule has 0 radical (unpaired) electrons. The first kappa shape index (κ1) is 14.5. The van der Waals surface area contributed by atoms with E-state index in [0.717, 1.165) is 16.5 Å². The van der Waals surface area contributed by atoms with Crippen LogP contribution in [0, 0.1) is 11.3 Å². The molecule has 0 aliphatic heterocycles. The van der Waals surface area contributed by atoms with Crippen LogP contribution in [0.15, 0.2) is 22.7 Å². The molecule has 102 valence electrons. The number of hydrogen-bond donors (Lipinski definition) is 1. The van der Waals surface area contributed by atoms with E-state index in [1.54, 1.807) is 13.8 Å². The number of halogens is 1. The van der Waals surface area contributed by atoms with Crippen molar-refractivity contribution in [3.8, 4) is 6.07 Å². The summed E-state index contributed by atoms with van der Waals surface area (Å²) in [6.45, 7) is 3.49. The van der Waals surface area contributed by atoms with Crippen LogP contribution < -0.4 is 0 Å². The minimum Gasteiger partial charge on any atom is -0.391 e. The van der Waals surface area contributed by atoms with Crippen molar-refractivity contribution in [2.45, 2.75) is 50.9 Å². The molecule has 3 atom stereocenters. The second kappa shape index (κ2) is 5.62. The van der Waals surface area contributed by atoms with E-state index in [1.807, 2.05) is 12.1 Å². The van der Waals surface area contributed by atoms with Gasteiger partial charge in [0.05, 0.1) is 18.3 Å². The van der Waals surface area contributed by atoms with Crippen molar-refractivity contribution in [1.29, 1.82) is 5.26 Å². The van der Waals surface area contributed by atoms with Gasteiger partial charge >= 0.3 is 0 Å². The molecule has 0 saturated carbocycles. The summed E-state index contributed by atoms with van der Waals surface area (Å²) in [6, 6.07) is 8.45. The quantitative estimate of drug-likeness (QED) is 0.930. The van der Waals surface area contributed by atoms with Crippen molar-refractivity contribution in [3.05, 3.63) is 33.8 Å². The number of aliphatic hydroxyl groups excluding tert-OH is 1. The molecule has 1 aliphatic rings. The fraction of sp³-hybridized carbons (Fsp3) is 0.533. The first-order valence-corrected chi connectivity index (χ1v) is 7.29. The van der Waals surface area contributed by atoms with Gasteiger partial charge in [0.25, 0.3) is 0 Å². The highest BCUT2D eigenvalue weighted by molar-refractivity contribution is 9.10. The summed E-state index contributed by atoms with van der Waals surface area (Å²) < 4.78 is 6.92. The minimum atomic E-state index is -0.808. The Kier molecular flexibility index (Phi) is 4.29. The Morgan fingerprint density at radius 2 is 2.16 bits per heavy atom. The third-order valence-electron chi connectivity index (χ3n) is 3.74. The van der Waals surface area contributed by atoms with Gasteiger partial charge in [-0.1, -0.05) is 22.0 Å². The third kappa shape index (κ3) is 3.17. The van der Waals surface area contributed by atoms with E-state index in [4.69, 9.17) is 4.74 Å². The predicted molar refractivity (Wildman–Crippen MR) is 76.7 cm³/mol. The number of nitrogens with zero attached hydrogens (tertiary/aromatic N) is 1. The highest BCUT2D eigenvalue weighted by atomic mass is 79.9. The van der Waals surface area contributed by atoms with Gasteiger partial charge in [0, 0.05) is 10.9 Å². The third-order valence-corrected chi connectivity index (χ3v) is 4.23. The van der Waals surface area contributed by atoms with Crippen LogP contribution in [0.3, 0.4) is 0 Å². The predicted octanol–water partition coefficient (Wildman–Crippen LogP) is 2.99. The van der Waals surface area contributed by atoms with Crippen molar-refractivity contribution in [3.63, 3.8) is 0 Å². The highest BCUT2D eigenvalue weighted by Crippen LogP contribution is 2.33. The Hall–Kier alpha value is -0.890. The Bertz CT molecular complexity index is 509. The van der Waals surface area contributed by atoms with E-state index < -0.39 is 11.7 Å². The van der Waals surface area contributed by atoms with E-state index >= 15 is 0 Å². The van der Waals surface area contributed by atoms with Crippen LogP contribution in [-0.2, 0) is 17.6 Å². The summed E-state index contributed by atoms with van der Waals surface area (Å²) in [5.74, 6) is 0. The lowest BCUT2D eigenvalue weighted by molar-refractivity contribution is -0.100. The number of benzene rings is 1. The number of aryl methyl sites for hydroxylation is 1. The standard InChI is InChI=1S/C15H18BrNO2/c1-10(18)11(2)19-15(9-17)6-5-12-7-14(16)4-3-13(12)8-15/h3-4,7,10-11,18H,5-6,8H2,1-2H3. The Morgan fingerprint density at radius 3 is 2.79 bits per heavy atom. The second-order valence-electron chi connectivity index (χ2n) is 5.26. The Labute approximate surface area is 122 Å². The molecule has 0 amide bonds. The average Bonchev–Trinajstić information content (AvgIpc) is 2.39. The van der Waals surface area contributed by atoms with Crippen LogP contribution in [0.5, 0.6) is 0 Å². The second-order valence-corrected chi connectivity index (χ2v) is 6.18. The molecule has 1 aliphatic carbocycles. The van der Waals surface area contributed by atoms with E-state index in [2.05, 4.69) is 28.1 Å². The molecule has 1 N–H and O–H groups in total. The van der Waals surface area contributed by atoms with E-state index in [0.29, 0.717) is 12.8 Å². The van der Waals surface area contributed by atoms with Gasteiger partial charge in [-0.25, -0.2) is 0 Å². The highest BCUT2D eigenvalue weighted by Gasteiger charge is 2.37. The van der Waals surface area contributed by atoms with Crippen molar-refractivity contribution < 1.29 is 9.84 Å². The van der Waals surface area contributed by atoms with E-state index in [1.165, 1.54) is 5.56 Å². The summed E-state index contributed by atoms with van der Waals surface area (Å²) in [5.41, 5.74) is 1.62. The molecule has 0 saturated heterocycles. The summed E-state index contributed by atoms with van der Waals surface area (Å²) in [6.07, 6.45) is 1.18. The molecule has 4 heteroatoms. The van der Waals surface area contributed by atoms with Crippen molar-refractivity contribution in [1.82, 2.24) is 0 Å². The van der Waals surface area contributed by atoms with Crippen LogP contribution >= 0.6 is 15.9 Å². The number of aliphatic hydroxyl groups is 1. The number of fused-ring (bicyclic) bond motifs is 1. The molecule has 3 unspecified atom stereocenters. The molecule has 19 heavy (non-hydrogen) atoms. The SMILES string of the molecule is CC(O)C(C)OC1(C#N)CCc2cc(Br)ccc2C1. The zero-order chi connectivity index (χ0) is 14.0. The van der Waals surface area contributed by atoms with Gasteiger partial charge in [-0.15, -0.1) is 0 Å². The summed E-state index contributed by atoms with van der Waals surface area (Å²) in [5, 5.41) is 19.0. The molecule has 2 rings (SSSR count). The lowest BCUT2D eigenvalue weighted by Crippen LogP contribution is -2.42. The number of rotatable bonds is 3. The van der Waals surface area contributed by atoms with Crippen LogP contribution in [0.2, 0.25) is 0 Å². The zero-order valence-corrected chi connectivity index (χ0v) is 12.8. The minimum absolute atomic E-state index is 0.336. The topological polar surface area (TPSA) is 53.2 Å². The van der Waals surface area contributed by atoms with Crippen molar-refractivity contribution in [2.24, 2.45) is 0 Å². The van der Waals surface area contributed by atoms with Gasteiger partial charge in [-0.3, -0.25) is 0 Å². The summed E-state index contributed by atoms with van der Waals surface area (Å²) >= 11 is 3.47. The normalized spacial score (nSPS) is 25.2. The molecule has 0 spiro atoms. The summed E-state index contributed by atoms with van der Waals surface area (Å²) in [4.78, 5) is 0. The number of ether oxygens (including phenoxy) is 1. The maximum Gasteiger partial charge on any atom is 0.159 e. The molecule has 3 nitrogen and oxygen atoms in total. The van der Waals surface area contributed by atoms with Crippen molar-refractivity contribution >= 4 is 15.9 Å². The van der Waals surface area contributed by atoms with Crippen molar-refractivity contribution in [2.75, 3.05) is 0 Å². The van der Waals surface area contributed by atoms with Gasteiger partial charge in [-0.2, -0.15) is 5.26 Å². The monoisotopic (exact) mass is 323 g/mol. The van der Waals surface area contributed by atoms with Crippen LogP contribution in [0.1, 0.15) is 31.4 Å². The summed E-state index contributed by atoms with van der Waals surface area (Å²) in [7, 11) is 0. The van der Waals surface area contributed by atoms with Crippen LogP contribution in [0.4, 0.5) is 0 Å². The van der Waals surface area contributed by atoms with Gasteiger partial charge in [0.2, 0.25) is 0 Å². The van der Waals surface area contributed by atoms with Crippen LogP contribution in [-0.4, -0.2) is 22.9 Å². The Morgan fingerprint density at radius 1 is 1.42 bits per heavy atom. The first-order valence-electron chi connectivity index (χ1n) is 6.50. The lowest BCUT2D eigenvalue weighted by Gasteiger charge is -2.35. The zero-order valence-electron chi connectivity index (χ0n) is 11.2. The number of nitriles is 1.